The van der Waals surface area contributed by atoms with Crippen LogP contribution in [0.1, 0.15) is 11.4 Å². The normalized spacial score (nSPS) is 11.5. The molecule has 0 atom stereocenters. The van der Waals surface area contributed by atoms with Gasteiger partial charge in [0.25, 0.3) is 0 Å². The summed E-state index contributed by atoms with van der Waals surface area (Å²) >= 11 is 0. The zero-order valence-electron chi connectivity index (χ0n) is 23.0. The first kappa shape index (κ1) is 29.2. The second-order valence-electron chi connectivity index (χ2n) is 9.31. The highest BCUT2D eigenvalue weighted by Gasteiger charge is 2.33. The molecule has 0 bridgehead atoms. The molecule has 0 saturated carbocycles. The Balaban J connectivity index is 1.60. The number of imidazole rings is 1. The molecule has 2 N–H and O–H groups in total. The minimum absolute atomic E-state index is 0.0222. The number of hydrogen-bond acceptors (Lipinski definition) is 7. The van der Waals surface area contributed by atoms with E-state index in [4.69, 9.17) is 14.2 Å². The molecule has 2 heterocycles. The second kappa shape index (κ2) is 11.5. The fourth-order valence-electron chi connectivity index (χ4n) is 4.59. The van der Waals surface area contributed by atoms with E-state index < -0.39 is 35.7 Å². The molecule has 0 aliphatic carbocycles. The van der Waals surface area contributed by atoms with Crippen LogP contribution in [-0.2, 0) is 31.2 Å². The molecule has 0 aliphatic rings. The Morgan fingerprint density at radius 2 is 1.88 bits per heavy atom. The van der Waals surface area contributed by atoms with Crippen molar-refractivity contribution in [2.75, 3.05) is 19.5 Å². The smallest absolute Gasteiger partial charge is 0.416 e. The lowest BCUT2D eigenvalue weighted by Crippen LogP contribution is -2.28. The summed E-state index contributed by atoms with van der Waals surface area (Å²) in [6.07, 6.45) is -3.58. The van der Waals surface area contributed by atoms with Gasteiger partial charge in [0, 0.05) is 24.4 Å². The number of nitrogens with zero attached hydrogens (tertiary/aromatic N) is 4. The third kappa shape index (κ3) is 5.86. The van der Waals surface area contributed by atoms with Crippen LogP contribution in [-0.4, -0.2) is 44.4 Å². The number of rotatable bonds is 9. The maximum Gasteiger partial charge on any atom is 0.416 e. The third-order valence-corrected chi connectivity index (χ3v) is 6.57. The molecule has 5 aromatic rings. The van der Waals surface area contributed by atoms with Gasteiger partial charge in [-0.25, -0.2) is 14.2 Å². The summed E-state index contributed by atoms with van der Waals surface area (Å²) in [6.45, 7) is -0.782. The zero-order valence-corrected chi connectivity index (χ0v) is 23.0. The van der Waals surface area contributed by atoms with Crippen LogP contribution in [0.2, 0.25) is 0 Å². The highest BCUT2D eigenvalue weighted by molar-refractivity contribution is 5.96. The predicted molar refractivity (Wildman–Crippen MR) is 146 cm³/mol. The SMILES string of the molecule is COc1cccc(NC(=O)Cn2c(=O)n(C)c3c(-c4cc(F)c(OCc5ncn[nH]5)c(OC)c4)cc(C(F)(F)F)cc32)c1. The number of amides is 1. The van der Waals surface area contributed by atoms with Crippen LogP contribution in [0, 0.1) is 5.82 Å². The average Bonchev–Trinajstić information content (AvgIpc) is 3.58. The van der Waals surface area contributed by atoms with Crippen molar-refractivity contribution in [3.63, 3.8) is 0 Å². The Morgan fingerprint density at radius 1 is 1.09 bits per heavy atom. The summed E-state index contributed by atoms with van der Waals surface area (Å²) in [7, 11) is 4.04. The molecule has 3 aromatic carbocycles. The number of benzene rings is 3. The molecular formula is C28H24F4N6O5. The number of fused-ring (bicyclic) bond motifs is 1. The minimum atomic E-state index is -4.83. The third-order valence-electron chi connectivity index (χ3n) is 6.57. The summed E-state index contributed by atoms with van der Waals surface area (Å²) in [4.78, 5) is 30.1. The number of ether oxygens (including phenoxy) is 3. The Morgan fingerprint density at radius 3 is 2.56 bits per heavy atom. The molecule has 15 heteroatoms. The van der Waals surface area contributed by atoms with E-state index in [0.717, 1.165) is 27.3 Å². The number of hydrogen-bond donors (Lipinski definition) is 2. The molecule has 5 rings (SSSR count). The van der Waals surface area contributed by atoms with Crippen molar-refractivity contribution in [2.24, 2.45) is 7.05 Å². The van der Waals surface area contributed by atoms with Gasteiger partial charge < -0.3 is 19.5 Å². The summed E-state index contributed by atoms with van der Waals surface area (Å²) in [5, 5.41) is 8.85. The topological polar surface area (TPSA) is 125 Å². The fraction of sp³-hybridized carbons (Fsp3) is 0.214. The number of aromatic nitrogens is 5. The fourth-order valence-corrected chi connectivity index (χ4v) is 4.59. The van der Waals surface area contributed by atoms with E-state index in [0.29, 0.717) is 17.3 Å². The zero-order chi connectivity index (χ0) is 30.9. The minimum Gasteiger partial charge on any atom is -0.497 e. The van der Waals surface area contributed by atoms with Crippen LogP contribution >= 0.6 is 0 Å². The molecule has 0 radical (unpaired) electrons. The lowest BCUT2D eigenvalue weighted by atomic mass is 9.99. The summed E-state index contributed by atoms with van der Waals surface area (Å²) < 4.78 is 75.5. The number of aromatic amines is 1. The lowest BCUT2D eigenvalue weighted by Gasteiger charge is -2.15. The van der Waals surface area contributed by atoms with E-state index in [-0.39, 0.29) is 40.3 Å². The van der Waals surface area contributed by atoms with Crippen molar-refractivity contribution in [3.8, 4) is 28.4 Å². The van der Waals surface area contributed by atoms with Crippen molar-refractivity contribution in [3.05, 3.63) is 82.5 Å². The number of aryl methyl sites for hydroxylation is 1. The van der Waals surface area contributed by atoms with Crippen LogP contribution in [0.15, 0.2) is 59.7 Å². The monoisotopic (exact) mass is 600 g/mol. The van der Waals surface area contributed by atoms with Crippen LogP contribution in [0.3, 0.4) is 0 Å². The molecule has 0 fully saturated rings. The van der Waals surface area contributed by atoms with Gasteiger partial charge in [-0.1, -0.05) is 6.07 Å². The van der Waals surface area contributed by atoms with Gasteiger partial charge in [-0.3, -0.25) is 19.0 Å². The van der Waals surface area contributed by atoms with E-state index in [9.17, 15) is 22.8 Å². The van der Waals surface area contributed by atoms with Crippen LogP contribution in [0.4, 0.5) is 23.2 Å². The maximum atomic E-state index is 15.4. The van der Waals surface area contributed by atoms with E-state index in [1.54, 1.807) is 24.3 Å². The average molecular weight is 601 g/mol. The predicted octanol–water partition coefficient (Wildman–Crippen LogP) is 4.52. The molecule has 1 amide bonds. The first-order chi connectivity index (χ1) is 20.5. The quantitative estimate of drug-likeness (QED) is 0.239. The van der Waals surface area contributed by atoms with Crippen molar-refractivity contribution in [2.45, 2.75) is 19.3 Å². The number of H-pyrrole nitrogens is 1. The summed E-state index contributed by atoms with van der Waals surface area (Å²) in [6, 6.07) is 10.3. The molecule has 0 saturated heterocycles. The van der Waals surface area contributed by atoms with E-state index in [2.05, 4.69) is 20.5 Å². The molecule has 2 aromatic heterocycles. The number of anilines is 1. The van der Waals surface area contributed by atoms with E-state index in [1.807, 2.05) is 0 Å². The number of carbonyl (C=O) groups excluding carboxylic acids is 1. The van der Waals surface area contributed by atoms with Crippen molar-refractivity contribution >= 4 is 22.6 Å². The summed E-state index contributed by atoms with van der Waals surface area (Å²) in [5.74, 6) is -1.23. The van der Waals surface area contributed by atoms with Crippen LogP contribution in [0.25, 0.3) is 22.2 Å². The van der Waals surface area contributed by atoms with E-state index >= 15 is 4.39 Å². The Hall–Kier alpha value is -5.34. The number of carbonyl (C=O) groups is 1. The highest BCUT2D eigenvalue weighted by atomic mass is 19.4. The van der Waals surface area contributed by atoms with Gasteiger partial charge >= 0.3 is 11.9 Å². The van der Waals surface area contributed by atoms with Gasteiger partial charge in [-0.15, -0.1) is 0 Å². The molecule has 0 aliphatic heterocycles. The molecular weight excluding hydrogens is 576 g/mol. The molecule has 0 unspecified atom stereocenters. The molecule has 0 spiro atoms. The number of methoxy groups -OCH3 is 2. The van der Waals surface area contributed by atoms with E-state index in [1.165, 1.54) is 33.7 Å². The lowest BCUT2D eigenvalue weighted by molar-refractivity contribution is -0.137. The number of nitrogens with one attached hydrogen (secondary N) is 2. The Bertz CT molecular complexity index is 1860. The van der Waals surface area contributed by atoms with Crippen molar-refractivity contribution < 1.29 is 36.6 Å². The Labute approximate surface area is 240 Å². The molecule has 11 nitrogen and oxygen atoms in total. The van der Waals surface area contributed by atoms with Gasteiger partial charge in [0.2, 0.25) is 5.91 Å². The van der Waals surface area contributed by atoms with Gasteiger partial charge in [0.15, 0.2) is 23.1 Å². The first-order valence-electron chi connectivity index (χ1n) is 12.6. The largest absolute Gasteiger partial charge is 0.497 e. The summed E-state index contributed by atoms with van der Waals surface area (Å²) in [5.41, 5.74) is -1.76. The van der Waals surface area contributed by atoms with Crippen molar-refractivity contribution in [1.29, 1.82) is 0 Å². The first-order valence-corrected chi connectivity index (χ1v) is 12.6. The second-order valence-corrected chi connectivity index (χ2v) is 9.31. The van der Waals surface area contributed by atoms with Gasteiger partial charge in [0.05, 0.1) is 30.8 Å². The number of halogens is 4. The molecule has 43 heavy (non-hydrogen) atoms. The van der Waals surface area contributed by atoms with Crippen molar-refractivity contribution in [1.82, 2.24) is 24.3 Å². The Kier molecular flexibility index (Phi) is 7.80. The van der Waals surface area contributed by atoms with Gasteiger partial charge in [-0.2, -0.15) is 18.3 Å². The standard InChI is InChI=1S/C28H24F4N6O5/c1-37-25-19(15-7-20(29)26(22(8-15)42-3)43-13-23-33-14-34-36-23)9-16(28(30,31)32)10-21(25)38(27(37)40)12-24(39)35-17-5-4-6-18(11-17)41-2/h4-11,14H,12-13H2,1-3H3,(H,35,39)(H,33,34,36). The van der Waals surface area contributed by atoms with Crippen LogP contribution in [0.5, 0.6) is 17.2 Å². The van der Waals surface area contributed by atoms with Crippen LogP contribution < -0.4 is 25.2 Å². The molecule has 224 valence electrons. The van der Waals surface area contributed by atoms with Gasteiger partial charge in [-0.05, 0) is 42.0 Å². The maximum absolute atomic E-state index is 15.4. The number of alkyl halides is 3. The highest BCUT2D eigenvalue weighted by Crippen LogP contribution is 2.41. The van der Waals surface area contributed by atoms with Gasteiger partial charge in [0.1, 0.15) is 25.2 Å².